The Labute approximate surface area is 118 Å². The van der Waals surface area contributed by atoms with Crippen LogP contribution in [0, 0.1) is 6.92 Å². The molecule has 0 saturated heterocycles. The van der Waals surface area contributed by atoms with Gasteiger partial charge in [-0.3, -0.25) is 0 Å². The van der Waals surface area contributed by atoms with Gasteiger partial charge in [0.2, 0.25) is 0 Å². The van der Waals surface area contributed by atoms with Crippen LogP contribution in [0.3, 0.4) is 0 Å². The molecule has 2 nitrogen and oxygen atoms in total. The molecule has 0 aliphatic heterocycles. The highest BCUT2D eigenvalue weighted by Crippen LogP contribution is 2.20. The SMILES string of the molecule is CCCCCCCCOc1ccc(C)cc1CNC. The van der Waals surface area contributed by atoms with Crippen molar-refractivity contribution in [2.24, 2.45) is 0 Å². The van der Waals surface area contributed by atoms with Crippen LogP contribution in [0.5, 0.6) is 5.75 Å². The molecule has 0 heterocycles. The molecule has 0 amide bonds. The van der Waals surface area contributed by atoms with Gasteiger partial charge < -0.3 is 10.1 Å². The summed E-state index contributed by atoms with van der Waals surface area (Å²) in [5, 5.41) is 3.20. The van der Waals surface area contributed by atoms with E-state index in [0.717, 1.165) is 25.3 Å². The maximum Gasteiger partial charge on any atom is 0.123 e. The summed E-state index contributed by atoms with van der Waals surface area (Å²) in [4.78, 5) is 0. The molecule has 0 spiro atoms. The van der Waals surface area contributed by atoms with E-state index in [9.17, 15) is 0 Å². The molecular formula is C17H29NO. The molecule has 0 atom stereocenters. The second-order valence-electron chi connectivity index (χ2n) is 5.26. The molecular weight excluding hydrogens is 234 g/mol. The van der Waals surface area contributed by atoms with Gasteiger partial charge in [0, 0.05) is 12.1 Å². The molecule has 0 radical (unpaired) electrons. The number of aryl methyl sites for hydroxylation is 1. The minimum Gasteiger partial charge on any atom is -0.493 e. The van der Waals surface area contributed by atoms with Gasteiger partial charge in [-0.1, -0.05) is 56.7 Å². The lowest BCUT2D eigenvalue weighted by atomic mass is 10.1. The van der Waals surface area contributed by atoms with E-state index in [1.54, 1.807) is 0 Å². The van der Waals surface area contributed by atoms with Crippen LogP contribution in [-0.4, -0.2) is 13.7 Å². The molecule has 2 heteroatoms. The number of rotatable bonds is 10. The van der Waals surface area contributed by atoms with Gasteiger partial charge in [0.15, 0.2) is 0 Å². The first kappa shape index (κ1) is 16.0. The fourth-order valence-electron chi connectivity index (χ4n) is 2.24. The Morgan fingerprint density at radius 3 is 2.53 bits per heavy atom. The number of unbranched alkanes of at least 4 members (excludes halogenated alkanes) is 5. The second-order valence-corrected chi connectivity index (χ2v) is 5.26. The second kappa shape index (κ2) is 9.85. The van der Waals surface area contributed by atoms with Crippen molar-refractivity contribution in [3.05, 3.63) is 29.3 Å². The van der Waals surface area contributed by atoms with Crippen LogP contribution in [0.25, 0.3) is 0 Å². The van der Waals surface area contributed by atoms with Crippen LogP contribution in [-0.2, 0) is 6.54 Å². The standard InChI is InChI=1S/C17H29NO/c1-4-5-6-7-8-9-12-19-17-11-10-15(2)13-16(17)14-18-3/h10-11,13,18H,4-9,12,14H2,1-3H3. The summed E-state index contributed by atoms with van der Waals surface area (Å²) in [6.07, 6.45) is 7.84. The smallest absolute Gasteiger partial charge is 0.123 e. The van der Waals surface area contributed by atoms with Crippen molar-refractivity contribution in [3.8, 4) is 5.75 Å². The summed E-state index contributed by atoms with van der Waals surface area (Å²) in [6.45, 7) is 6.08. The summed E-state index contributed by atoms with van der Waals surface area (Å²) in [5.41, 5.74) is 2.55. The van der Waals surface area contributed by atoms with Gasteiger partial charge in [0.1, 0.15) is 5.75 Å². The van der Waals surface area contributed by atoms with Crippen molar-refractivity contribution in [2.75, 3.05) is 13.7 Å². The monoisotopic (exact) mass is 263 g/mol. The topological polar surface area (TPSA) is 21.3 Å². The first-order valence-corrected chi connectivity index (χ1v) is 7.65. The third-order valence-corrected chi connectivity index (χ3v) is 3.34. The van der Waals surface area contributed by atoms with E-state index in [0.29, 0.717) is 0 Å². The molecule has 0 fully saturated rings. The Kier molecular flexibility index (Phi) is 8.31. The third-order valence-electron chi connectivity index (χ3n) is 3.34. The lowest BCUT2D eigenvalue weighted by molar-refractivity contribution is 0.301. The zero-order valence-electron chi connectivity index (χ0n) is 12.8. The van der Waals surface area contributed by atoms with E-state index in [1.807, 2.05) is 7.05 Å². The van der Waals surface area contributed by atoms with Gasteiger partial charge in [0.25, 0.3) is 0 Å². The molecule has 108 valence electrons. The summed E-state index contributed by atoms with van der Waals surface area (Å²) in [5.74, 6) is 1.04. The van der Waals surface area contributed by atoms with Crippen molar-refractivity contribution < 1.29 is 4.74 Å². The minimum atomic E-state index is 0.839. The van der Waals surface area contributed by atoms with E-state index >= 15 is 0 Å². The number of ether oxygens (including phenoxy) is 1. The molecule has 19 heavy (non-hydrogen) atoms. The first-order valence-electron chi connectivity index (χ1n) is 7.65. The number of hydrogen-bond donors (Lipinski definition) is 1. The Balaban J connectivity index is 2.28. The third kappa shape index (κ3) is 6.63. The van der Waals surface area contributed by atoms with Gasteiger partial charge in [0.05, 0.1) is 6.61 Å². The highest BCUT2D eigenvalue weighted by molar-refractivity contribution is 5.36. The van der Waals surface area contributed by atoms with Crippen molar-refractivity contribution in [3.63, 3.8) is 0 Å². The van der Waals surface area contributed by atoms with Crippen molar-refractivity contribution in [2.45, 2.75) is 58.9 Å². The molecule has 0 bridgehead atoms. The fraction of sp³-hybridized carbons (Fsp3) is 0.647. The van der Waals surface area contributed by atoms with Crippen molar-refractivity contribution in [1.82, 2.24) is 5.32 Å². The fourth-order valence-corrected chi connectivity index (χ4v) is 2.24. The van der Waals surface area contributed by atoms with Crippen LogP contribution < -0.4 is 10.1 Å². The predicted molar refractivity (Wildman–Crippen MR) is 82.8 cm³/mol. The van der Waals surface area contributed by atoms with Gasteiger partial charge >= 0.3 is 0 Å². The predicted octanol–water partition coefficient (Wildman–Crippen LogP) is 4.45. The first-order chi connectivity index (χ1) is 9.27. The Bertz CT molecular complexity index is 349. The molecule has 0 aromatic heterocycles. The lowest BCUT2D eigenvalue weighted by Gasteiger charge is -2.12. The molecule has 1 aromatic rings. The van der Waals surface area contributed by atoms with Gasteiger partial charge in [-0.05, 0) is 26.5 Å². The highest BCUT2D eigenvalue weighted by Gasteiger charge is 2.03. The minimum absolute atomic E-state index is 0.839. The zero-order valence-corrected chi connectivity index (χ0v) is 12.8. The number of benzene rings is 1. The quantitative estimate of drug-likeness (QED) is 0.630. The van der Waals surface area contributed by atoms with Gasteiger partial charge in [-0.2, -0.15) is 0 Å². The Morgan fingerprint density at radius 1 is 1.05 bits per heavy atom. The van der Waals surface area contributed by atoms with Crippen molar-refractivity contribution >= 4 is 0 Å². The van der Waals surface area contributed by atoms with Crippen LogP contribution in [0.1, 0.15) is 56.6 Å². The van der Waals surface area contributed by atoms with Crippen LogP contribution in [0.2, 0.25) is 0 Å². The average Bonchev–Trinajstić information content (AvgIpc) is 2.40. The van der Waals surface area contributed by atoms with E-state index in [1.165, 1.54) is 43.2 Å². The molecule has 0 aliphatic rings. The highest BCUT2D eigenvalue weighted by atomic mass is 16.5. The Morgan fingerprint density at radius 2 is 1.79 bits per heavy atom. The van der Waals surface area contributed by atoms with Crippen LogP contribution >= 0.6 is 0 Å². The maximum absolute atomic E-state index is 5.91. The largest absolute Gasteiger partial charge is 0.493 e. The molecule has 0 saturated carbocycles. The van der Waals surface area contributed by atoms with Crippen LogP contribution in [0.15, 0.2) is 18.2 Å². The van der Waals surface area contributed by atoms with E-state index in [4.69, 9.17) is 4.74 Å². The lowest BCUT2D eigenvalue weighted by Crippen LogP contribution is -2.08. The normalized spacial score (nSPS) is 10.7. The molecule has 1 rings (SSSR count). The van der Waals surface area contributed by atoms with E-state index in [2.05, 4.69) is 37.4 Å². The maximum atomic E-state index is 5.91. The Hall–Kier alpha value is -1.02. The summed E-state index contributed by atoms with van der Waals surface area (Å²) in [7, 11) is 1.97. The van der Waals surface area contributed by atoms with E-state index in [-0.39, 0.29) is 0 Å². The van der Waals surface area contributed by atoms with Crippen LogP contribution in [0.4, 0.5) is 0 Å². The number of hydrogen-bond acceptors (Lipinski definition) is 2. The molecule has 0 aliphatic carbocycles. The average molecular weight is 263 g/mol. The van der Waals surface area contributed by atoms with E-state index < -0.39 is 0 Å². The summed E-state index contributed by atoms with van der Waals surface area (Å²) < 4.78 is 5.91. The molecule has 1 N–H and O–H groups in total. The van der Waals surface area contributed by atoms with Crippen molar-refractivity contribution in [1.29, 1.82) is 0 Å². The number of nitrogens with one attached hydrogen (secondary N) is 1. The van der Waals surface area contributed by atoms with Gasteiger partial charge in [-0.25, -0.2) is 0 Å². The molecule has 0 unspecified atom stereocenters. The van der Waals surface area contributed by atoms with Gasteiger partial charge in [-0.15, -0.1) is 0 Å². The summed E-state index contributed by atoms with van der Waals surface area (Å²) >= 11 is 0. The summed E-state index contributed by atoms with van der Waals surface area (Å²) in [6, 6.07) is 6.42. The zero-order chi connectivity index (χ0) is 13.9. The molecule has 1 aromatic carbocycles.